The Morgan fingerprint density at radius 3 is 2.24 bits per heavy atom. The van der Waals surface area contributed by atoms with Crippen LogP contribution in [0.1, 0.15) is 24.0 Å². The minimum atomic E-state index is -2.93. The number of primary amides is 1. The average molecular weight is 521 g/mol. The Kier molecular flexibility index (Phi) is 5.75. The van der Waals surface area contributed by atoms with E-state index < -0.39 is 75.6 Å². The molecule has 1 fully saturated rings. The van der Waals surface area contributed by atoms with Crippen LogP contribution < -0.4 is 5.73 Å². The standard InChI is InChI=1S/C28H28N2O8/c1-11-15-13(12-7-5-4-6-8-12)9-10-14(31)17(15)22(32)18-16(11)23(33)20-21(30(2)3)24(34)19(27(29)37)26(36)28(20,38)25(18)35/h4-11,16,20-21,23,31-33,36,38H,1-3H3,(H2,29,37). The molecule has 2 aromatic rings. The first kappa shape index (κ1) is 25.7. The fourth-order valence-electron chi connectivity index (χ4n) is 6.57. The van der Waals surface area contributed by atoms with Gasteiger partial charge in [-0.15, -0.1) is 0 Å². The highest BCUT2D eigenvalue weighted by Crippen LogP contribution is 2.57. The molecular formula is C28H28N2O8. The monoisotopic (exact) mass is 520 g/mol. The van der Waals surface area contributed by atoms with Crippen molar-refractivity contribution in [3.63, 3.8) is 0 Å². The number of hydrogen-bond donors (Lipinski definition) is 6. The molecule has 3 aliphatic carbocycles. The fourth-order valence-corrected chi connectivity index (χ4v) is 6.57. The van der Waals surface area contributed by atoms with Gasteiger partial charge in [0, 0.05) is 11.5 Å². The minimum Gasteiger partial charge on any atom is -0.508 e. The number of aliphatic hydroxyl groups is 4. The summed E-state index contributed by atoms with van der Waals surface area (Å²) in [5, 5.41) is 56.6. The zero-order valence-electron chi connectivity index (χ0n) is 20.9. The first-order valence-electron chi connectivity index (χ1n) is 12.1. The zero-order valence-corrected chi connectivity index (χ0v) is 20.9. The number of likely N-dealkylation sites (N-methyl/N-ethyl adjacent to an activating group) is 1. The number of ketones is 2. The highest BCUT2D eigenvalue weighted by atomic mass is 16.4. The summed E-state index contributed by atoms with van der Waals surface area (Å²) < 4.78 is 0. The van der Waals surface area contributed by atoms with Crippen molar-refractivity contribution in [2.24, 2.45) is 17.6 Å². The number of phenolic OH excluding ortho intramolecular Hbond substituents is 1. The molecule has 0 bridgehead atoms. The molecule has 6 atom stereocenters. The number of fused-ring (bicyclic) bond motifs is 3. The number of benzene rings is 2. The number of nitrogens with zero attached hydrogens (tertiary/aromatic N) is 1. The fraction of sp³-hybridized carbons (Fsp3) is 0.321. The van der Waals surface area contributed by atoms with E-state index in [9.17, 15) is 39.9 Å². The van der Waals surface area contributed by atoms with E-state index in [0.717, 1.165) is 5.56 Å². The van der Waals surface area contributed by atoms with Crippen molar-refractivity contribution in [1.82, 2.24) is 4.90 Å². The van der Waals surface area contributed by atoms with Crippen LogP contribution in [0.3, 0.4) is 0 Å². The maximum Gasteiger partial charge on any atom is 0.255 e. The third-order valence-electron chi connectivity index (χ3n) is 8.19. The van der Waals surface area contributed by atoms with Crippen LogP contribution in [-0.4, -0.2) is 79.7 Å². The number of aliphatic hydroxyl groups excluding tert-OH is 3. The SMILES string of the molecule is CC1c2c(-c3ccccc3)ccc(O)c2C(O)=C2C(=O)C3(O)C(O)=C(C(N)=O)C(=O)C(N(C)C)C3C(O)C21. The van der Waals surface area contributed by atoms with Crippen LogP contribution in [0, 0.1) is 11.8 Å². The Balaban J connectivity index is 1.83. The van der Waals surface area contributed by atoms with E-state index >= 15 is 0 Å². The normalized spacial score (nSPS) is 30.7. The smallest absolute Gasteiger partial charge is 0.255 e. The third kappa shape index (κ3) is 3.14. The molecule has 10 heteroatoms. The average Bonchev–Trinajstić information content (AvgIpc) is 2.86. The van der Waals surface area contributed by atoms with Crippen molar-refractivity contribution in [2.75, 3.05) is 14.1 Å². The molecule has 0 aromatic heterocycles. The quantitative estimate of drug-likeness (QED) is 0.324. The summed E-state index contributed by atoms with van der Waals surface area (Å²) in [6.45, 7) is 1.71. The minimum absolute atomic E-state index is 0.0395. The number of rotatable bonds is 3. The molecule has 10 nitrogen and oxygen atoms in total. The van der Waals surface area contributed by atoms with Crippen LogP contribution in [0.25, 0.3) is 16.9 Å². The Morgan fingerprint density at radius 1 is 1.03 bits per heavy atom. The number of carbonyl (C=O) groups excluding carboxylic acids is 3. The van der Waals surface area contributed by atoms with E-state index in [4.69, 9.17) is 5.73 Å². The lowest BCUT2D eigenvalue weighted by atomic mass is 9.54. The highest BCUT2D eigenvalue weighted by molar-refractivity contribution is 6.24. The third-order valence-corrected chi connectivity index (χ3v) is 8.19. The molecule has 0 spiro atoms. The molecule has 7 N–H and O–H groups in total. The van der Waals surface area contributed by atoms with Crippen molar-refractivity contribution in [2.45, 2.75) is 30.6 Å². The van der Waals surface area contributed by atoms with Gasteiger partial charge in [-0.3, -0.25) is 19.3 Å². The first-order chi connectivity index (χ1) is 17.8. The molecule has 0 saturated heterocycles. The molecular weight excluding hydrogens is 492 g/mol. The summed E-state index contributed by atoms with van der Waals surface area (Å²) in [7, 11) is 2.93. The molecule has 0 aliphatic heterocycles. The van der Waals surface area contributed by atoms with Gasteiger partial charge in [0.25, 0.3) is 5.91 Å². The van der Waals surface area contributed by atoms with Gasteiger partial charge in [-0.25, -0.2) is 0 Å². The van der Waals surface area contributed by atoms with Crippen molar-refractivity contribution >= 4 is 23.2 Å². The summed E-state index contributed by atoms with van der Waals surface area (Å²) in [6, 6.07) is 10.8. The Morgan fingerprint density at radius 2 is 1.66 bits per heavy atom. The molecule has 2 aromatic carbocycles. The van der Waals surface area contributed by atoms with Crippen LogP contribution in [0.15, 0.2) is 59.4 Å². The molecule has 0 radical (unpaired) electrons. The second kappa shape index (κ2) is 8.52. The predicted octanol–water partition coefficient (Wildman–Crippen LogP) is 1.16. The zero-order chi connectivity index (χ0) is 27.8. The molecule has 6 unspecified atom stereocenters. The highest BCUT2D eigenvalue weighted by Gasteiger charge is 2.68. The number of nitrogens with two attached hydrogens (primary N) is 1. The molecule has 38 heavy (non-hydrogen) atoms. The lowest BCUT2D eigenvalue weighted by Crippen LogP contribution is -2.70. The summed E-state index contributed by atoms with van der Waals surface area (Å²) in [5.41, 5.74) is 2.89. The molecule has 5 rings (SSSR count). The maximum atomic E-state index is 14.0. The van der Waals surface area contributed by atoms with E-state index in [2.05, 4.69) is 0 Å². The van der Waals surface area contributed by atoms with Gasteiger partial charge < -0.3 is 31.3 Å². The van der Waals surface area contributed by atoms with Gasteiger partial charge in [0.1, 0.15) is 22.8 Å². The van der Waals surface area contributed by atoms with E-state index in [-0.39, 0.29) is 11.3 Å². The lowest BCUT2D eigenvalue weighted by Gasteiger charge is -2.53. The van der Waals surface area contributed by atoms with E-state index in [1.54, 1.807) is 13.0 Å². The number of amides is 1. The number of carbonyl (C=O) groups is 3. The number of phenols is 1. The van der Waals surface area contributed by atoms with Crippen molar-refractivity contribution < 1.29 is 39.9 Å². The summed E-state index contributed by atoms with van der Waals surface area (Å²) in [4.78, 5) is 40.7. The largest absolute Gasteiger partial charge is 0.508 e. The van der Waals surface area contributed by atoms with Gasteiger partial charge in [0.15, 0.2) is 11.4 Å². The van der Waals surface area contributed by atoms with Crippen molar-refractivity contribution in [3.8, 4) is 16.9 Å². The van der Waals surface area contributed by atoms with Gasteiger partial charge in [-0.05, 0) is 42.8 Å². The van der Waals surface area contributed by atoms with Gasteiger partial charge >= 0.3 is 0 Å². The summed E-state index contributed by atoms with van der Waals surface area (Å²) in [5.74, 6) is -9.13. The Hall–Kier alpha value is -3.99. The molecule has 0 heterocycles. The lowest BCUT2D eigenvalue weighted by molar-refractivity contribution is -0.169. The molecule has 1 amide bonds. The maximum absolute atomic E-state index is 14.0. The molecule has 1 saturated carbocycles. The van der Waals surface area contributed by atoms with E-state index in [1.165, 1.54) is 25.1 Å². The van der Waals surface area contributed by atoms with Crippen molar-refractivity contribution in [1.29, 1.82) is 0 Å². The summed E-state index contributed by atoms with van der Waals surface area (Å²) in [6.07, 6.45) is -1.64. The van der Waals surface area contributed by atoms with Crippen LogP contribution in [0.4, 0.5) is 0 Å². The first-order valence-corrected chi connectivity index (χ1v) is 12.1. The predicted molar refractivity (Wildman–Crippen MR) is 136 cm³/mol. The van der Waals surface area contributed by atoms with Gasteiger partial charge in [0.2, 0.25) is 5.78 Å². The number of hydrogen-bond acceptors (Lipinski definition) is 9. The second-order valence-electron chi connectivity index (χ2n) is 10.3. The molecule has 198 valence electrons. The Labute approximate surface area is 217 Å². The van der Waals surface area contributed by atoms with Gasteiger partial charge in [0.05, 0.1) is 23.6 Å². The van der Waals surface area contributed by atoms with Gasteiger partial charge in [-0.1, -0.05) is 43.3 Å². The van der Waals surface area contributed by atoms with Crippen LogP contribution in [0.2, 0.25) is 0 Å². The van der Waals surface area contributed by atoms with Gasteiger partial charge in [-0.2, -0.15) is 0 Å². The summed E-state index contributed by atoms with van der Waals surface area (Å²) >= 11 is 0. The van der Waals surface area contributed by atoms with Crippen LogP contribution in [-0.2, 0) is 14.4 Å². The van der Waals surface area contributed by atoms with E-state index in [0.29, 0.717) is 11.1 Å². The van der Waals surface area contributed by atoms with E-state index in [1.807, 2.05) is 30.3 Å². The second-order valence-corrected chi connectivity index (χ2v) is 10.3. The number of Topliss-reactive ketones (excluding diaryl/α,β-unsaturated/α-hetero) is 2. The Bertz CT molecular complexity index is 1460. The van der Waals surface area contributed by atoms with Crippen LogP contribution in [0.5, 0.6) is 5.75 Å². The number of aromatic hydroxyl groups is 1. The van der Waals surface area contributed by atoms with Crippen molar-refractivity contribution in [3.05, 3.63) is 70.5 Å². The van der Waals surface area contributed by atoms with Crippen LogP contribution >= 0.6 is 0 Å². The topological polar surface area (TPSA) is 182 Å². The molecule has 3 aliphatic rings.